The normalized spacial score (nSPS) is 12.3. The van der Waals surface area contributed by atoms with Crippen molar-refractivity contribution in [3.05, 3.63) is 5.82 Å². The summed E-state index contributed by atoms with van der Waals surface area (Å²) < 4.78 is 51.9. The molecule has 1 heterocycles. The number of nitrogens with zero attached hydrogens (tertiary/aromatic N) is 3. The van der Waals surface area contributed by atoms with Crippen molar-refractivity contribution in [1.29, 1.82) is 0 Å². The lowest BCUT2D eigenvalue weighted by molar-refractivity contribution is 0.115. The summed E-state index contributed by atoms with van der Waals surface area (Å²) in [6.07, 6.45) is -2.75. The number of hydrogen-bond acceptors (Lipinski definition) is 5. The first-order valence-corrected chi connectivity index (χ1v) is 6.31. The molecule has 1 aromatic heterocycles. The first-order valence-electron chi connectivity index (χ1n) is 4.00. The van der Waals surface area contributed by atoms with E-state index in [1.165, 1.54) is 7.11 Å². The first-order chi connectivity index (χ1) is 7.36. The highest BCUT2D eigenvalue weighted by Gasteiger charge is 2.24. The molecule has 0 amide bonds. The molecule has 0 N–H and O–H groups in total. The van der Waals surface area contributed by atoms with Crippen LogP contribution in [-0.4, -0.2) is 36.7 Å². The number of ether oxygens (including phenoxy) is 1. The van der Waals surface area contributed by atoms with Gasteiger partial charge >= 0.3 is 0 Å². The van der Waals surface area contributed by atoms with E-state index in [4.69, 9.17) is 10.7 Å². The van der Waals surface area contributed by atoms with Crippen LogP contribution >= 0.6 is 10.7 Å². The second-order valence-corrected chi connectivity index (χ2v) is 5.23. The summed E-state index contributed by atoms with van der Waals surface area (Å²) in [5.74, 6) is -0.0259. The summed E-state index contributed by atoms with van der Waals surface area (Å²) in [7, 11) is 2.14. The minimum Gasteiger partial charge on any atom is -0.377 e. The predicted molar refractivity (Wildman–Crippen MR) is 49.8 cm³/mol. The van der Waals surface area contributed by atoms with Crippen molar-refractivity contribution in [1.82, 2.24) is 14.8 Å². The van der Waals surface area contributed by atoms with Crippen LogP contribution in [0.1, 0.15) is 5.82 Å². The molecule has 0 aromatic carbocycles. The van der Waals surface area contributed by atoms with Crippen LogP contribution in [0.3, 0.4) is 0 Å². The standard InChI is InChI=1S/C6H8ClF2N3O3S/c1-15-3-5-10-11-6(16(7,13)14)12(5)2-4(8)9/h4H,2-3H2,1H3. The van der Waals surface area contributed by atoms with E-state index in [1.807, 2.05) is 0 Å². The van der Waals surface area contributed by atoms with Gasteiger partial charge in [0.15, 0.2) is 5.82 Å². The van der Waals surface area contributed by atoms with E-state index in [9.17, 15) is 17.2 Å². The van der Waals surface area contributed by atoms with Crippen molar-refractivity contribution >= 4 is 19.7 Å². The van der Waals surface area contributed by atoms with Gasteiger partial charge < -0.3 is 4.74 Å². The molecule has 0 aliphatic rings. The molecule has 0 radical (unpaired) electrons. The van der Waals surface area contributed by atoms with Gasteiger partial charge in [0.25, 0.3) is 20.6 Å². The molecule has 0 unspecified atom stereocenters. The third-order valence-electron chi connectivity index (χ3n) is 1.61. The molecule has 0 aliphatic heterocycles. The highest BCUT2D eigenvalue weighted by Crippen LogP contribution is 2.16. The van der Waals surface area contributed by atoms with Crippen molar-refractivity contribution in [2.45, 2.75) is 24.7 Å². The molecule has 0 fully saturated rings. The van der Waals surface area contributed by atoms with Gasteiger partial charge in [-0.2, -0.15) is 0 Å². The highest BCUT2D eigenvalue weighted by molar-refractivity contribution is 8.13. The van der Waals surface area contributed by atoms with E-state index in [2.05, 4.69) is 14.9 Å². The van der Waals surface area contributed by atoms with Crippen molar-refractivity contribution in [2.24, 2.45) is 0 Å². The summed E-state index contributed by atoms with van der Waals surface area (Å²) in [4.78, 5) is 0. The Morgan fingerprint density at radius 2 is 2.12 bits per heavy atom. The second-order valence-electron chi connectivity index (χ2n) is 2.77. The molecular weight excluding hydrogens is 268 g/mol. The van der Waals surface area contributed by atoms with Gasteiger partial charge in [0.05, 0.1) is 6.54 Å². The van der Waals surface area contributed by atoms with Crippen molar-refractivity contribution in [3.63, 3.8) is 0 Å². The lowest BCUT2D eigenvalue weighted by Gasteiger charge is -2.06. The summed E-state index contributed by atoms with van der Waals surface area (Å²) in [5.41, 5.74) is 0. The molecule has 0 saturated carbocycles. The molecule has 10 heteroatoms. The van der Waals surface area contributed by atoms with Crippen LogP contribution < -0.4 is 0 Å². The summed E-state index contributed by atoms with van der Waals surface area (Å²) >= 11 is 0. The van der Waals surface area contributed by atoms with Crippen LogP contribution in [0.15, 0.2) is 5.16 Å². The molecule has 1 aromatic rings. The minimum atomic E-state index is -4.20. The topological polar surface area (TPSA) is 74.1 Å². The Morgan fingerprint density at radius 1 is 1.50 bits per heavy atom. The summed E-state index contributed by atoms with van der Waals surface area (Å²) in [5, 5.41) is 5.95. The monoisotopic (exact) mass is 275 g/mol. The zero-order valence-corrected chi connectivity index (χ0v) is 9.67. The molecule has 0 spiro atoms. The number of rotatable bonds is 5. The lowest BCUT2D eigenvalue weighted by atomic mass is 10.6. The average molecular weight is 276 g/mol. The minimum absolute atomic E-state index is 0.0259. The van der Waals surface area contributed by atoms with Crippen LogP contribution in [0.25, 0.3) is 0 Å². The first kappa shape index (κ1) is 13.3. The molecule has 6 nitrogen and oxygen atoms in total. The highest BCUT2D eigenvalue weighted by atomic mass is 35.7. The van der Waals surface area contributed by atoms with Crippen LogP contribution in [0.5, 0.6) is 0 Å². The van der Waals surface area contributed by atoms with E-state index in [-0.39, 0.29) is 12.4 Å². The molecule has 0 bridgehead atoms. The maximum Gasteiger partial charge on any atom is 0.296 e. The van der Waals surface area contributed by atoms with Gasteiger partial charge in [0, 0.05) is 17.8 Å². The van der Waals surface area contributed by atoms with Crippen LogP contribution in [0.2, 0.25) is 0 Å². The predicted octanol–water partition coefficient (Wildman–Crippen LogP) is 0.617. The Labute approximate surface area is 94.6 Å². The zero-order chi connectivity index (χ0) is 12.3. The number of alkyl halides is 2. The van der Waals surface area contributed by atoms with E-state index in [0.717, 1.165) is 4.57 Å². The van der Waals surface area contributed by atoms with Gasteiger partial charge in [-0.05, 0) is 0 Å². The number of hydrogen-bond donors (Lipinski definition) is 0. The van der Waals surface area contributed by atoms with Gasteiger partial charge in [0.2, 0.25) is 0 Å². The molecule has 0 atom stereocenters. The summed E-state index contributed by atoms with van der Waals surface area (Å²) in [6.45, 7) is -0.987. The van der Waals surface area contributed by atoms with Gasteiger partial charge in [-0.1, -0.05) is 0 Å². The molecular formula is C6H8ClF2N3O3S. The van der Waals surface area contributed by atoms with Crippen molar-refractivity contribution < 1.29 is 21.9 Å². The smallest absolute Gasteiger partial charge is 0.296 e. The summed E-state index contributed by atoms with van der Waals surface area (Å²) in [6, 6.07) is 0. The van der Waals surface area contributed by atoms with Gasteiger partial charge in [-0.25, -0.2) is 17.2 Å². The average Bonchev–Trinajstić information content (AvgIpc) is 2.47. The molecule has 92 valence electrons. The van der Waals surface area contributed by atoms with Crippen LogP contribution in [-0.2, 0) is 26.9 Å². The third kappa shape index (κ3) is 3.09. The van der Waals surface area contributed by atoms with E-state index >= 15 is 0 Å². The fourth-order valence-corrected chi connectivity index (χ4v) is 1.98. The number of aromatic nitrogens is 3. The Balaban J connectivity index is 3.19. The molecule has 0 saturated heterocycles. The Morgan fingerprint density at radius 3 is 2.56 bits per heavy atom. The van der Waals surface area contributed by atoms with E-state index in [1.54, 1.807) is 0 Å². The van der Waals surface area contributed by atoms with E-state index < -0.39 is 27.2 Å². The van der Waals surface area contributed by atoms with Gasteiger partial charge in [-0.15, -0.1) is 10.2 Å². The Hall–Kier alpha value is -0.800. The maximum absolute atomic E-state index is 12.2. The molecule has 16 heavy (non-hydrogen) atoms. The Bertz CT molecular complexity index is 462. The second kappa shape index (κ2) is 5.02. The quantitative estimate of drug-likeness (QED) is 0.737. The molecule has 1 rings (SSSR count). The largest absolute Gasteiger partial charge is 0.377 e. The fourth-order valence-electron chi connectivity index (χ4n) is 1.06. The third-order valence-corrected chi connectivity index (χ3v) is 2.76. The van der Waals surface area contributed by atoms with Crippen molar-refractivity contribution in [2.75, 3.05) is 7.11 Å². The van der Waals surface area contributed by atoms with Gasteiger partial charge in [-0.3, -0.25) is 4.57 Å². The van der Waals surface area contributed by atoms with Crippen molar-refractivity contribution in [3.8, 4) is 0 Å². The lowest BCUT2D eigenvalue weighted by Crippen LogP contribution is -2.15. The molecule has 0 aliphatic carbocycles. The zero-order valence-electron chi connectivity index (χ0n) is 8.10. The van der Waals surface area contributed by atoms with Crippen LogP contribution in [0.4, 0.5) is 8.78 Å². The van der Waals surface area contributed by atoms with Gasteiger partial charge in [0.1, 0.15) is 6.61 Å². The fraction of sp³-hybridized carbons (Fsp3) is 0.667. The maximum atomic E-state index is 12.2. The SMILES string of the molecule is COCc1nnc(S(=O)(=O)Cl)n1CC(F)F. The number of methoxy groups -OCH3 is 1. The van der Waals surface area contributed by atoms with E-state index in [0.29, 0.717) is 0 Å². The Kier molecular flexibility index (Phi) is 4.16. The number of halogens is 3. The van der Waals surface area contributed by atoms with Crippen LogP contribution in [0, 0.1) is 0 Å².